The highest BCUT2D eigenvalue weighted by atomic mass is 16.4. The van der Waals surface area contributed by atoms with Gasteiger partial charge >= 0.3 is 11.9 Å². The molecule has 0 aromatic heterocycles. The van der Waals surface area contributed by atoms with Crippen LogP contribution >= 0.6 is 0 Å². The molecule has 0 amide bonds. The fourth-order valence-electron chi connectivity index (χ4n) is 0.941. The minimum Gasteiger partial charge on any atom is -0.479 e. The Morgan fingerprint density at radius 1 is 0.882 bits per heavy atom. The number of hydrogen-bond donors (Lipinski definition) is 4. The van der Waals surface area contributed by atoms with Crippen molar-refractivity contribution in [1.29, 1.82) is 0 Å². The van der Waals surface area contributed by atoms with E-state index in [1.165, 1.54) is 19.6 Å². The second kappa shape index (κ2) is 10.0. The minimum atomic E-state index is -2.27. The van der Waals surface area contributed by atoms with Crippen LogP contribution in [-0.4, -0.2) is 69.1 Å². The van der Waals surface area contributed by atoms with Crippen molar-refractivity contribution >= 4 is 11.9 Å². The molecule has 0 bridgehead atoms. The molecule has 4 N–H and O–H groups in total. The number of aliphatic hydroxyl groups excluding tert-OH is 2. The summed E-state index contributed by atoms with van der Waals surface area (Å²) in [6, 6.07) is 0. The summed E-state index contributed by atoms with van der Waals surface area (Å²) in [6.07, 6.45) is -4.53. The van der Waals surface area contributed by atoms with Crippen LogP contribution in [0.1, 0.15) is 20.8 Å². The summed E-state index contributed by atoms with van der Waals surface area (Å²) in [5, 5.41) is 32.5. The highest BCUT2D eigenvalue weighted by Crippen LogP contribution is 1.92. The summed E-state index contributed by atoms with van der Waals surface area (Å²) in [5.74, 6) is -3.54. The van der Waals surface area contributed by atoms with Gasteiger partial charge in [-0.25, -0.2) is 9.59 Å². The van der Waals surface area contributed by atoms with E-state index in [4.69, 9.17) is 20.4 Å². The Hall–Kier alpha value is -1.18. The van der Waals surface area contributed by atoms with Crippen LogP contribution in [0, 0.1) is 0 Å². The average Bonchev–Trinajstić information content (AvgIpc) is 2.30. The number of hydrogen-bond acceptors (Lipinski definition) is 5. The van der Waals surface area contributed by atoms with Gasteiger partial charge < -0.3 is 25.3 Å². The Kier molecular flexibility index (Phi) is 10.7. The molecule has 0 aliphatic carbocycles. The molecule has 0 aliphatic heterocycles. The van der Waals surface area contributed by atoms with Crippen LogP contribution in [0.15, 0.2) is 0 Å². The van der Waals surface area contributed by atoms with Gasteiger partial charge in [0.25, 0.3) is 0 Å². The van der Waals surface area contributed by atoms with E-state index in [0.29, 0.717) is 0 Å². The quantitative estimate of drug-likeness (QED) is 0.489. The van der Waals surface area contributed by atoms with Gasteiger partial charge in [-0.2, -0.15) is 0 Å². The summed E-state index contributed by atoms with van der Waals surface area (Å²) in [7, 11) is 0. The molecule has 7 nitrogen and oxygen atoms in total. The highest BCUT2D eigenvalue weighted by Gasteiger charge is 2.29. The van der Waals surface area contributed by atoms with E-state index in [1.54, 1.807) is 0 Å². The first-order valence-electron chi connectivity index (χ1n) is 5.35. The van der Waals surface area contributed by atoms with Gasteiger partial charge in [-0.15, -0.1) is 0 Å². The van der Waals surface area contributed by atoms with Crippen LogP contribution in [0.5, 0.6) is 0 Å². The molecule has 17 heavy (non-hydrogen) atoms. The summed E-state index contributed by atoms with van der Waals surface area (Å²) in [6.45, 7) is 10.1. The minimum absolute atomic E-state index is 1.19. The van der Waals surface area contributed by atoms with E-state index in [9.17, 15) is 9.59 Å². The molecule has 0 aromatic carbocycles. The zero-order valence-electron chi connectivity index (χ0n) is 10.3. The maximum atomic E-state index is 9.77. The van der Waals surface area contributed by atoms with E-state index in [0.717, 1.165) is 0 Å². The maximum absolute atomic E-state index is 9.77. The predicted octanol–water partition coefficient (Wildman–Crippen LogP) is -0.774. The third-order valence-electron chi connectivity index (χ3n) is 2.15. The Bertz CT molecular complexity index is 205. The third-order valence-corrected chi connectivity index (χ3v) is 2.15. The lowest BCUT2D eigenvalue weighted by molar-refractivity contribution is -0.165. The number of aliphatic hydroxyl groups is 2. The molecule has 0 aliphatic rings. The van der Waals surface area contributed by atoms with Crippen molar-refractivity contribution in [3.63, 3.8) is 0 Å². The molecule has 0 fully saturated rings. The molecule has 2 unspecified atom stereocenters. The average molecular weight is 251 g/mol. The van der Waals surface area contributed by atoms with Gasteiger partial charge in [-0.05, 0) is 19.6 Å². The monoisotopic (exact) mass is 251 g/mol. The zero-order chi connectivity index (χ0) is 14.0. The van der Waals surface area contributed by atoms with E-state index in [2.05, 4.69) is 25.7 Å². The number of nitrogens with zero attached hydrogens (tertiary/aromatic N) is 1. The van der Waals surface area contributed by atoms with Crippen molar-refractivity contribution in [3.05, 3.63) is 0 Å². The maximum Gasteiger partial charge on any atom is 0.335 e. The molecule has 0 heterocycles. The first-order chi connectivity index (χ1) is 7.81. The summed E-state index contributed by atoms with van der Waals surface area (Å²) >= 11 is 0. The van der Waals surface area contributed by atoms with Crippen molar-refractivity contribution < 1.29 is 30.0 Å². The molecular weight excluding hydrogens is 230 g/mol. The molecule has 0 saturated heterocycles. The molecule has 0 rings (SSSR count). The summed E-state index contributed by atoms with van der Waals surface area (Å²) in [5.41, 5.74) is 0. The number of carbonyl (C=O) groups is 2. The fraction of sp³-hybridized carbons (Fsp3) is 0.800. The van der Waals surface area contributed by atoms with Crippen molar-refractivity contribution in [2.24, 2.45) is 0 Å². The molecule has 0 radical (unpaired) electrons. The van der Waals surface area contributed by atoms with Crippen LogP contribution < -0.4 is 0 Å². The lowest BCUT2D eigenvalue weighted by Crippen LogP contribution is -2.39. The molecule has 0 saturated carbocycles. The molecule has 0 aromatic rings. The van der Waals surface area contributed by atoms with E-state index in [1.807, 2.05) is 0 Å². The second-order valence-electron chi connectivity index (χ2n) is 3.19. The molecule has 7 heteroatoms. The lowest BCUT2D eigenvalue weighted by Gasteiger charge is -2.13. The van der Waals surface area contributed by atoms with E-state index >= 15 is 0 Å². The van der Waals surface area contributed by atoms with Crippen LogP contribution in [0.3, 0.4) is 0 Å². The van der Waals surface area contributed by atoms with E-state index < -0.39 is 24.1 Å². The van der Waals surface area contributed by atoms with Gasteiger partial charge in [-0.1, -0.05) is 20.8 Å². The van der Waals surface area contributed by atoms with E-state index in [-0.39, 0.29) is 0 Å². The Morgan fingerprint density at radius 3 is 1.18 bits per heavy atom. The molecule has 0 spiro atoms. The third kappa shape index (κ3) is 8.61. The standard InChI is InChI=1S/C6H15N.C4H6O6/c1-4-7(5-2)6-3;5-1(3(7)8)2(6)4(9)10/h4-6H2,1-3H3;1-2,5-6H,(H,7,8)(H,9,10). The second-order valence-corrected chi connectivity index (χ2v) is 3.19. The fourth-order valence-corrected chi connectivity index (χ4v) is 0.941. The Balaban J connectivity index is 0. The highest BCUT2D eigenvalue weighted by molar-refractivity contribution is 5.83. The lowest BCUT2D eigenvalue weighted by atomic mass is 10.2. The first kappa shape index (κ1) is 18.2. The van der Waals surface area contributed by atoms with Crippen LogP contribution in [-0.2, 0) is 9.59 Å². The van der Waals surface area contributed by atoms with Gasteiger partial charge in [0.1, 0.15) is 0 Å². The zero-order valence-corrected chi connectivity index (χ0v) is 10.3. The van der Waals surface area contributed by atoms with Crippen molar-refractivity contribution in [2.45, 2.75) is 33.0 Å². The summed E-state index contributed by atoms with van der Waals surface area (Å²) < 4.78 is 0. The smallest absolute Gasteiger partial charge is 0.335 e. The first-order valence-corrected chi connectivity index (χ1v) is 5.35. The van der Waals surface area contributed by atoms with Crippen LogP contribution in [0.2, 0.25) is 0 Å². The van der Waals surface area contributed by atoms with Crippen LogP contribution in [0.4, 0.5) is 0 Å². The Labute approximate surface area is 100 Å². The SMILES string of the molecule is CCN(CC)CC.O=C(O)C(O)C(O)C(=O)O. The normalized spacial score (nSPS) is 13.5. The van der Waals surface area contributed by atoms with Gasteiger partial charge in [0, 0.05) is 0 Å². The number of rotatable bonds is 6. The Morgan fingerprint density at radius 2 is 1.12 bits per heavy atom. The van der Waals surface area contributed by atoms with Gasteiger partial charge in [0.05, 0.1) is 0 Å². The topological polar surface area (TPSA) is 118 Å². The largest absolute Gasteiger partial charge is 0.479 e. The van der Waals surface area contributed by atoms with Crippen molar-refractivity contribution in [2.75, 3.05) is 19.6 Å². The number of carboxylic acid groups (broad SMARTS) is 2. The van der Waals surface area contributed by atoms with Gasteiger partial charge in [0.2, 0.25) is 0 Å². The number of carboxylic acids is 2. The van der Waals surface area contributed by atoms with Gasteiger partial charge in [0.15, 0.2) is 12.2 Å². The molecule has 102 valence electrons. The van der Waals surface area contributed by atoms with Crippen LogP contribution in [0.25, 0.3) is 0 Å². The van der Waals surface area contributed by atoms with Crippen molar-refractivity contribution in [3.8, 4) is 0 Å². The van der Waals surface area contributed by atoms with Gasteiger partial charge in [-0.3, -0.25) is 0 Å². The molecular formula is C10H21NO6. The summed E-state index contributed by atoms with van der Waals surface area (Å²) in [4.78, 5) is 21.9. The number of aliphatic carboxylic acids is 2. The van der Waals surface area contributed by atoms with Crippen molar-refractivity contribution in [1.82, 2.24) is 4.90 Å². The molecule has 2 atom stereocenters. The predicted molar refractivity (Wildman–Crippen MR) is 60.7 cm³/mol.